The summed E-state index contributed by atoms with van der Waals surface area (Å²) >= 11 is 0. The van der Waals surface area contributed by atoms with Crippen molar-refractivity contribution in [1.82, 2.24) is 10.6 Å². The van der Waals surface area contributed by atoms with Crippen molar-refractivity contribution in [3.8, 4) is 5.75 Å². The van der Waals surface area contributed by atoms with Gasteiger partial charge in [0.05, 0.1) is 6.54 Å². The number of amides is 2. The van der Waals surface area contributed by atoms with E-state index in [1.54, 1.807) is 19.2 Å². The van der Waals surface area contributed by atoms with Crippen molar-refractivity contribution >= 4 is 6.03 Å². The predicted molar refractivity (Wildman–Crippen MR) is 69.8 cm³/mol. The molecule has 0 aliphatic heterocycles. The summed E-state index contributed by atoms with van der Waals surface area (Å²) < 4.78 is 23.0. The van der Waals surface area contributed by atoms with E-state index < -0.39 is 0 Å². The molecule has 0 saturated heterocycles. The molecule has 1 rings (SSSR count). The van der Waals surface area contributed by atoms with E-state index >= 15 is 0 Å². The van der Waals surface area contributed by atoms with Crippen molar-refractivity contribution in [2.75, 3.05) is 33.4 Å². The van der Waals surface area contributed by atoms with Crippen LogP contribution in [0.5, 0.6) is 5.75 Å². The maximum absolute atomic E-state index is 12.8. The molecule has 2 N–H and O–H groups in total. The highest BCUT2D eigenvalue weighted by Crippen LogP contribution is 2.11. The summed E-state index contributed by atoms with van der Waals surface area (Å²) in [6.45, 7) is 1.81. The first kappa shape index (κ1) is 15.2. The predicted octanol–water partition coefficient (Wildman–Crippen LogP) is 1.54. The third-order valence-electron chi connectivity index (χ3n) is 2.26. The van der Waals surface area contributed by atoms with Crippen LogP contribution in [0.25, 0.3) is 0 Å². The summed E-state index contributed by atoms with van der Waals surface area (Å²) in [4.78, 5) is 11.3. The zero-order valence-corrected chi connectivity index (χ0v) is 10.9. The number of benzene rings is 1. The molecule has 0 aliphatic carbocycles. The monoisotopic (exact) mass is 270 g/mol. The second kappa shape index (κ2) is 9.16. The number of hydrogen-bond donors (Lipinski definition) is 2. The van der Waals surface area contributed by atoms with Crippen molar-refractivity contribution in [3.63, 3.8) is 0 Å². The van der Waals surface area contributed by atoms with E-state index in [0.717, 1.165) is 6.42 Å². The number of rotatable bonds is 8. The highest BCUT2D eigenvalue weighted by molar-refractivity contribution is 5.73. The molecule has 0 unspecified atom stereocenters. The molecule has 0 bridgehead atoms. The lowest BCUT2D eigenvalue weighted by molar-refractivity contribution is 0.193. The third-order valence-corrected chi connectivity index (χ3v) is 2.26. The molecule has 19 heavy (non-hydrogen) atoms. The number of carbonyl (C=O) groups is 1. The average molecular weight is 270 g/mol. The van der Waals surface area contributed by atoms with Crippen LogP contribution >= 0.6 is 0 Å². The Morgan fingerprint density at radius 3 is 2.79 bits per heavy atom. The number of halogens is 1. The number of ether oxygens (including phenoxy) is 2. The molecule has 106 valence electrons. The van der Waals surface area contributed by atoms with Gasteiger partial charge in [0, 0.05) is 26.3 Å². The number of nitrogens with one attached hydrogen (secondary N) is 2. The summed E-state index contributed by atoms with van der Waals surface area (Å²) in [6, 6.07) is 5.62. The van der Waals surface area contributed by atoms with Crippen molar-refractivity contribution in [2.24, 2.45) is 0 Å². The van der Waals surface area contributed by atoms with Gasteiger partial charge >= 0.3 is 6.03 Å². The van der Waals surface area contributed by atoms with E-state index in [4.69, 9.17) is 9.47 Å². The fraction of sp³-hybridized carbons (Fsp3) is 0.462. The first-order valence-corrected chi connectivity index (χ1v) is 6.11. The van der Waals surface area contributed by atoms with Crippen molar-refractivity contribution in [1.29, 1.82) is 0 Å². The third kappa shape index (κ3) is 7.25. The SMILES string of the molecule is COCCCNC(=O)NCCOc1cccc(F)c1. The molecular formula is C13H19FN2O3. The van der Waals surface area contributed by atoms with Gasteiger partial charge in [-0.2, -0.15) is 0 Å². The summed E-state index contributed by atoms with van der Waals surface area (Å²) in [7, 11) is 1.61. The van der Waals surface area contributed by atoms with Crippen molar-refractivity contribution in [2.45, 2.75) is 6.42 Å². The molecule has 0 spiro atoms. The number of hydrogen-bond acceptors (Lipinski definition) is 3. The Morgan fingerprint density at radius 1 is 1.26 bits per heavy atom. The lowest BCUT2D eigenvalue weighted by Gasteiger charge is -2.09. The molecule has 1 aromatic carbocycles. The molecule has 0 fully saturated rings. The zero-order chi connectivity index (χ0) is 13.9. The van der Waals surface area contributed by atoms with Crippen LogP contribution in [0.1, 0.15) is 6.42 Å². The van der Waals surface area contributed by atoms with Crippen LogP contribution in [0.4, 0.5) is 9.18 Å². The van der Waals surface area contributed by atoms with E-state index in [2.05, 4.69) is 10.6 Å². The summed E-state index contributed by atoms with van der Waals surface area (Å²) in [6.07, 6.45) is 0.768. The van der Waals surface area contributed by atoms with Gasteiger partial charge in [0.15, 0.2) is 0 Å². The summed E-state index contributed by atoms with van der Waals surface area (Å²) in [5.74, 6) is 0.101. The second-order valence-corrected chi connectivity index (χ2v) is 3.83. The Balaban J connectivity index is 2.05. The van der Waals surface area contributed by atoms with Gasteiger partial charge in [-0.3, -0.25) is 0 Å². The van der Waals surface area contributed by atoms with E-state index in [1.165, 1.54) is 12.1 Å². The molecule has 0 saturated carbocycles. The molecular weight excluding hydrogens is 251 g/mol. The lowest BCUT2D eigenvalue weighted by atomic mass is 10.3. The topological polar surface area (TPSA) is 59.6 Å². The highest BCUT2D eigenvalue weighted by atomic mass is 19.1. The average Bonchev–Trinajstić information content (AvgIpc) is 2.40. The van der Waals surface area contributed by atoms with Crippen LogP contribution in [-0.4, -0.2) is 39.4 Å². The van der Waals surface area contributed by atoms with Crippen molar-refractivity contribution in [3.05, 3.63) is 30.1 Å². The van der Waals surface area contributed by atoms with E-state index in [9.17, 15) is 9.18 Å². The molecule has 2 amide bonds. The molecule has 6 heteroatoms. The van der Waals surface area contributed by atoms with Crippen LogP contribution in [0.2, 0.25) is 0 Å². The molecule has 0 radical (unpaired) electrons. The summed E-state index contributed by atoms with van der Waals surface area (Å²) in [5.41, 5.74) is 0. The zero-order valence-electron chi connectivity index (χ0n) is 10.9. The largest absolute Gasteiger partial charge is 0.492 e. The lowest BCUT2D eigenvalue weighted by Crippen LogP contribution is -2.38. The van der Waals surface area contributed by atoms with Crippen LogP contribution in [-0.2, 0) is 4.74 Å². The van der Waals surface area contributed by atoms with Gasteiger partial charge in [0.25, 0.3) is 0 Å². The normalized spacial score (nSPS) is 10.0. The van der Waals surface area contributed by atoms with Gasteiger partial charge in [-0.1, -0.05) is 6.07 Å². The quantitative estimate of drug-likeness (QED) is 0.704. The Kier molecular flexibility index (Phi) is 7.34. The Labute approximate surface area is 112 Å². The van der Waals surface area contributed by atoms with Gasteiger partial charge in [0.1, 0.15) is 18.2 Å². The fourth-order valence-corrected chi connectivity index (χ4v) is 1.37. The first-order chi connectivity index (χ1) is 9.22. The summed E-state index contributed by atoms with van der Waals surface area (Å²) in [5, 5.41) is 5.31. The van der Waals surface area contributed by atoms with E-state index in [-0.39, 0.29) is 18.5 Å². The van der Waals surface area contributed by atoms with Gasteiger partial charge in [-0.05, 0) is 18.6 Å². The maximum Gasteiger partial charge on any atom is 0.314 e. The number of urea groups is 1. The Hall–Kier alpha value is -1.82. The van der Waals surface area contributed by atoms with Crippen LogP contribution in [0.3, 0.4) is 0 Å². The van der Waals surface area contributed by atoms with Gasteiger partial charge in [-0.25, -0.2) is 9.18 Å². The van der Waals surface area contributed by atoms with Crippen LogP contribution in [0.15, 0.2) is 24.3 Å². The number of methoxy groups -OCH3 is 1. The van der Waals surface area contributed by atoms with E-state index in [1.807, 2.05) is 0 Å². The fourth-order valence-electron chi connectivity index (χ4n) is 1.37. The standard InChI is InChI=1S/C13H19FN2O3/c1-18-8-3-6-15-13(17)16-7-9-19-12-5-2-4-11(14)10-12/h2,4-5,10H,3,6-9H2,1H3,(H2,15,16,17). The minimum atomic E-state index is -0.346. The number of carbonyl (C=O) groups excluding carboxylic acids is 1. The Bertz CT molecular complexity index is 388. The second-order valence-electron chi connectivity index (χ2n) is 3.83. The molecule has 5 nitrogen and oxygen atoms in total. The van der Waals surface area contributed by atoms with Crippen molar-refractivity contribution < 1.29 is 18.7 Å². The van der Waals surface area contributed by atoms with Gasteiger partial charge in [-0.15, -0.1) is 0 Å². The van der Waals surface area contributed by atoms with Gasteiger partial charge in [0.2, 0.25) is 0 Å². The van der Waals surface area contributed by atoms with E-state index in [0.29, 0.717) is 25.4 Å². The minimum absolute atomic E-state index is 0.251. The van der Waals surface area contributed by atoms with Crippen LogP contribution < -0.4 is 15.4 Å². The molecule has 0 atom stereocenters. The van der Waals surface area contributed by atoms with Gasteiger partial charge < -0.3 is 20.1 Å². The Morgan fingerprint density at radius 2 is 2.05 bits per heavy atom. The molecule has 0 aromatic heterocycles. The molecule has 0 aliphatic rings. The highest BCUT2D eigenvalue weighted by Gasteiger charge is 1.99. The minimum Gasteiger partial charge on any atom is -0.492 e. The van der Waals surface area contributed by atoms with Crippen LogP contribution in [0, 0.1) is 5.82 Å². The maximum atomic E-state index is 12.8. The first-order valence-electron chi connectivity index (χ1n) is 6.11. The smallest absolute Gasteiger partial charge is 0.314 e. The molecule has 1 aromatic rings. The molecule has 0 heterocycles.